The fourth-order valence-corrected chi connectivity index (χ4v) is 1.67. The van der Waals surface area contributed by atoms with Gasteiger partial charge in [-0.15, -0.1) is 19.8 Å². The molecule has 0 saturated heterocycles. The van der Waals surface area contributed by atoms with Gasteiger partial charge in [0.2, 0.25) is 0 Å². The molecule has 8 heteroatoms. The Hall–Kier alpha value is -1.25. The summed E-state index contributed by atoms with van der Waals surface area (Å²) in [5, 5.41) is 37.5. The molecule has 0 heterocycles. The van der Waals surface area contributed by atoms with Crippen LogP contribution in [-0.2, 0) is 26.5 Å². The average molecular weight is 489 g/mol. The second kappa shape index (κ2) is 31.9. The van der Waals surface area contributed by atoms with Crippen molar-refractivity contribution in [3.05, 3.63) is 35.4 Å². The topological polar surface area (TPSA) is 133 Å². The number of hydrogen-bond acceptors (Lipinski definition) is 6. The molecule has 32 heavy (non-hydrogen) atoms. The molecule has 0 fully saturated rings. The summed E-state index contributed by atoms with van der Waals surface area (Å²) in [7, 11) is 0. The molecule has 0 spiro atoms. The van der Waals surface area contributed by atoms with Crippen LogP contribution >= 0.6 is 0 Å². The number of benzene rings is 1. The quantitative estimate of drug-likeness (QED) is 0.287. The van der Waals surface area contributed by atoms with Crippen LogP contribution in [0.3, 0.4) is 0 Å². The van der Waals surface area contributed by atoms with E-state index in [-0.39, 0.29) is 52.7 Å². The fourth-order valence-electron chi connectivity index (χ4n) is 1.67. The monoisotopic (exact) mass is 489 g/mol. The molecule has 1 N–H and O–H groups in total. The van der Waals surface area contributed by atoms with Gasteiger partial charge in [0.25, 0.3) is 0 Å². The molecule has 0 amide bonds. The third kappa shape index (κ3) is 26.8. The molecule has 0 aliphatic carbocycles. The van der Waals surface area contributed by atoms with Crippen molar-refractivity contribution in [1.82, 2.24) is 0 Å². The number of carbonyl (C=O) groups is 2. The summed E-state index contributed by atoms with van der Waals surface area (Å²) in [6.07, 6.45) is 7.30. The van der Waals surface area contributed by atoms with Gasteiger partial charge in [0, 0.05) is 0 Å². The van der Waals surface area contributed by atoms with Crippen LogP contribution in [0.5, 0.6) is 0 Å². The summed E-state index contributed by atoms with van der Waals surface area (Å²) in [6.45, 7) is 8.62. The van der Waals surface area contributed by atoms with E-state index in [1.165, 1.54) is 12.1 Å². The van der Waals surface area contributed by atoms with Crippen molar-refractivity contribution in [3.8, 4) is 0 Å². The first-order valence-electron chi connectivity index (χ1n) is 11.1. The number of carboxylic acid groups (broad SMARTS) is 1. The van der Waals surface area contributed by atoms with Crippen molar-refractivity contribution in [2.75, 3.05) is 26.4 Å². The Balaban J connectivity index is -0.000000202. The Morgan fingerprint density at radius 1 is 0.750 bits per heavy atom. The third-order valence-corrected chi connectivity index (χ3v) is 3.60. The number of hydrogen-bond donors (Lipinski definition) is 1. The second-order valence-corrected chi connectivity index (χ2v) is 6.51. The molecule has 0 unspecified atom stereocenters. The summed E-state index contributed by atoms with van der Waals surface area (Å²) < 4.78 is 4.96. The standard InChI is InChI=1S/C12H14O4.3C4H9O.Ti/c1-2-3-8-16-12(15)10-7-5-4-6-9(10)11(13)14;3*1-2-3-4-5;/h4-7H,2-3,8H2,1H3,(H,13,14);3*2-4H2,1H3;/q;3*-1;+3. The van der Waals surface area contributed by atoms with Crippen LogP contribution in [0, 0.1) is 0 Å². The van der Waals surface area contributed by atoms with Crippen molar-refractivity contribution >= 4 is 11.9 Å². The molecular weight excluding hydrogens is 448 g/mol. The fraction of sp³-hybridized carbons (Fsp3) is 0.667. The minimum atomic E-state index is -1.12. The third-order valence-electron chi connectivity index (χ3n) is 3.60. The molecule has 183 valence electrons. The Kier molecular flexibility index (Phi) is 38.0. The molecule has 0 aromatic heterocycles. The van der Waals surface area contributed by atoms with Gasteiger partial charge in [-0.25, -0.2) is 9.59 Å². The van der Waals surface area contributed by atoms with E-state index in [0.29, 0.717) is 6.61 Å². The van der Waals surface area contributed by atoms with E-state index in [2.05, 4.69) is 0 Å². The molecule has 0 bridgehead atoms. The minimum absolute atomic E-state index is 0. The number of ether oxygens (including phenoxy) is 1. The molecule has 1 aromatic carbocycles. The van der Waals surface area contributed by atoms with Crippen molar-refractivity contribution < 1.29 is 56.5 Å². The summed E-state index contributed by atoms with van der Waals surface area (Å²) in [5.74, 6) is -1.70. The van der Waals surface area contributed by atoms with Gasteiger partial charge in [-0.2, -0.15) is 0 Å². The maximum atomic E-state index is 11.6. The maximum absolute atomic E-state index is 11.6. The Morgan fingerprint density at radius 2 is 1.12 bits per heavy atom. The average Bonchev–Trinajstić information content (AvgIpc) is 2.77. The van der Waals surface area contributed by atoms with E-state index in [9.17, 15) is 24.9 Å². The van der Waals surface area contributed by atoms with Crippen LogP contribution in [0.4, 0.5) is 0 Å². The van der Waals surface area contributed by atoms with Crippen LogP contribution in [0.2, 0.25) is 0 Å². The summed E-state index contributed by atoms with van der Waals surface area (Å²) >= 11 is 0. The largest absolute Gasteiger partial charge is 3.00 e. The molecule has 0 aliphatic rings. The normalized spacial score (nSPS) is 8.84. The van der Waals surface area contributed by atoms with Crippen LogP contribution in [0.1, 0.15) is 99.8 Å². The van der Waals surface area contributed by atoms with Gasteiger partial charge in [0.1, 0.15) is 0 Å². The van der Waals surface area contributed by atoms with Crippen LogP contribution in [0.15, 0.2) is 24.3 Å². The molecule has 7 nitrogen and oxygen atoms in total. The smallest absolute Gasteiger partial charge is 0.854 e. The number of carbonyl (C=O) groups excluding carboxylic acids is 1. The van der Waals surface area contributed by atoms with Gasteiger partial charge in [-0.05, 0) is 18.6 Å². The van der Waals surface area contributed by atoms with Crippen LogP contribution < -0.4 is 15.3 Å². The molecule has 1 rings (SSSR count). The summed E-state index contributed by atoms with van der Waals surface area (Å²) in [5.41, 5.74) is 0.0788. The minimum Gasteiger partial charge on any atom is -0.854 e. The van der Waals surface area contributed by atoms with Gasteiger partial charge >= 0.3 is 33.7 Å². The van der Waals surface area contributed by atoms with E-state index in [1.54, 1.807) is 12.1 Å². The van der Waals surface area contributed by atoms with Crippen molar-refractivity contribution in [1.29, 1.82) is 0 Å². The molecule has 0 aliphatic heterocycles. The predicted octanol–water partition coefficient (Wildman–Crippen LogP) is 2.78. The zero-order valence-corrected chi connectivity index (χ0v) is 21.8. The number of rotatable bonds is 11. The van der Waals surface area contributed by atoms with Crippen molar-refractivity contribution in [3.63, 3.8) is 0 Å². The SMILES string of the molecule is CCCCOC(=O)c1ccccc1C(=O)O.CCCC[O-].CCCC[O-].CCCC[O-].[Ti+3]. The van der Waals surface area contributed by atoms with E-state index in [0.717, 1.165) is 51.4 Å². The first-order valence-corrected chi connectivity index (χ1v) is 11.1. The molecule has 0 saturated carbocycles. The summed E-state index contributed by atoms with van der Waals surface area (Å²) in [6, 6.07) is 6.03. The van der Waals surface area contributed by atoms with E-state index in [4.69, 9.17) is 9.84 Å². The van der Waals surface area contributed by atoms with Gasteiger partial charge in [0.15, 0.2) is 0 Å². The van der Waals surface area contributed by atoms with E-state index in [1.807, 2.05) is 27.7 Å². The van der Waals surface area contributed by atoms with Crippen molar-refractivity contribution in [2.24, 2.45) is 0 Å². The second-order valence-electron chi connectivity index (χ2n) is 6.51. The van der Waals surface area contributed by atoms with E-state index < -0.39 is 11.9 Å². The first kappa shape index (κ1) is 38.0. The number of carboxylic acids is 1. The maximum Gasteiger partial charge on any atom is 3.00 e. The molecule has 0 atom stereocenters. The van der Waals surface area contributed by atoms with Crippen LogP contribution in [-0.4, -0.2) is 43.5 Å². The Bertz CT molecular complexity index is 505. The van der Waals surface area contributed by atoms with Gasteiger partial charge in [0.05, 0.1) is 17.7 Å². The number of esters is 1. The first-order chi connectivity index (χ1) is 14.9. The number of unbranched alkanes of at least 4 members (excludes halogenated alkanes) is 4. The van der Waals surface area contributed by atoms with Gasteiger partial charge in [-0.3, -0.25) is 0 Å². The van der Waals surface area contributed by atoms with Gasteiger partial charge in [-0.1, -0.05) is 84.8 Å². The number of aromatic carboxylic acids is 1. The Morgan fingerprint density at radius 3 is 1.41 bits per heavy atom. The molecular formula is C24H41O7Ti. The van der Waals surface area contributed by atoms with Crippen molar-refractivity contribution in [2.45, 2.75) is 79.1 Å². The zero-order valence-electron chi connectivity index (χ0n) is 20.2. The van der Waals surface area contributed by atoms with Crippen LogP contribution in [0.25, 0.3) is 0 Å². The predicted molar refractivity (Wildman–Crippen MR) is 118 cm³/mol. The Labute approximate surface area is 209 Å². The zero-order chi connectivity index (χ0) is 24.3. The molecule has 1 aromatic rings. The van der Waals surface area contributed by atoms with Gasteiger partial charge < -0.3 is 25.2 Å². The molecule has 1 radical (unpaired) electrons. The summed E-state index contributed by atoms with van der Waals surface area (Å²) in [4.78, 5) is 22.4. The van der Waals surface area contributed by atoms with E-state index >= 15 is 0 Å².